The summed E-state index contributed by atoms with van der Waals surface area (Å²) in [6.07, 6.45) is 26.7. The van der Waals surface area contributed by atoms with Gasteiger partial charge >= 0.3 is 0 Å². The lowest BCUT2D eigenvalue weighted by molar-refractivity contribution is 0.0210. The predicted octanol–water partition coefficient (Wildman–Crippen LogP) is 11.6. The molecule has 1 rings (SSSR count). The summed E-state index contributed by atoms with van der Waals surface area (Å²) in [5, 5.41) is 0. The molecular weight excluding hydrogens is 396 g/mol. The van der Waals surface area contributed by atoms with Gasteiger partial charge in [0.05, 0.1) is 0 Å². The molecule has 0 aromatic heterocycles. The monoisotopic (exact) mass is 456 g/mol. The quantitative estimate of drug-likeness (QED) is 0.152. The van der Waals surface area contributed by atoms with Crippen LogP contribution in [0.5, 0.6) is 0 Å². The molecule has 1 atom stereocenters. The molecule has 0 bridgehead atoms. The van der Waals surface area contributed by atoms with Crippen LogP contribution in [0.2, 0.25) is 0 Å². The first-order valence-corrected chi connectivity index (χ1v) is 15.2. The van der Waals surface area contributed by atoms with Gasteiger partial charge in [0.15, 0.2) is 0 Å². The molecule has 33 heavy (non-hydrogen) atoms. The highest BCUT2D eigenvalue weighted by atomic mass is 14.5. The average Bonchev–Trinajstić information content (AvgIpc) is 2.85. The normalized spacial score (nSPS) is 13.0. The van der Waals surface area contributed by atoms with Crippen LogP contribution in [0.4, 0.5) is 0 Å². The fraction of sp³-hybridized carbons (Fsp3) is 0.818. The van der Waals surface area contributed by atoms with Crippen LogP contribution in [0, 0.1) is 17.3 Å². The highest BCUT2D eigenvalue weighted by Crippen LogP contribution is 2.52. The molecule has 0 aliphatic heterocycles. The molecule has 0 saturated carbocycles. The summed E-state index contributed by atoms with van der Waals surface area (Å²) in [7, 11) is 0. The van der Waals surface area contributed by atoms with E-state index in [1.54, 1.807) is 5.56 Å². The first kappa shape index (κ1) is 30.3. The molecule has 0 radical (unpaired) electrons. The van der Waals surface area contributed by atoms with Crippen molar-refractivity contribution in [3.63, 3.8) is 0 Å². The fourth-order valence-corrected chi connectivity index (χ4v) is 6.39. The molecule has 0 aliphatic carbocycles. The third-order valence-corrected chi connectivity index (χ3v) is 8.41. The molecule has 0 heterocycles. The van der Waals surface area contributed by atoms with Crippen molar-refractivity contribution >= 4 is 0 Å². The SMILES string of the molecule is CCCCCCCC(Cc1ccccc1)C(CCCC)(CCCC)C(CCCC)CCCC. The van der Waals surface area contributed by atoms with E-state index in [1.807, 2.05) is 0 Å². The summed E-state index contributed by atoms with van der Waals surface area (Å²) in [6.45, 7) is 12.0. The Bertz CT molecular complexity index is 514. The van der Waals surface area contributed by atoms with Crippen molar-refractivity contribution in [2.24, 2.45) is 17.3 Å². The molecule has 192 valence electrons. The second-order valence-corrected chi connectivity index (χ2v) is 11.0. The Labute approximate surface area is 209 Å². The summed E-state index contributed by atoms with van der Waals surface area (Å²) in [5.41, 5.74) is 2.12. The summed E-state index contributed by atoms with van der Waals surface area (Å²) >= 11 is 0. The van der Waals surface area contributed by atoms with Crippen molar-refractivity contribution in [2.75, 3.05) is 0 Å². The zero-order chi connectivity index (χ0) is 24.2. The molecule has 0 amide bonds. The van der Waals surface area contributed by atoms with Gasteiger partial charge in [0, 0.05) is 0 Å². The lowest BCUT2D eigenvalue weighted by Gasteiger charge is -2.48. The van der Waals surface area contributed by atoms with Crippen molar-refractivity contribution in [1.82, 2.24) is 0 Å². The van der Waals surface area contributed by atoms with E-state index in [0.29, 0.717) is 5.41 Å². The van der Waals surface area contributed by atoms with E-state index in [2.05, 4.69) is 65.0 Å². The third kappa shape index (κ3) is 11.5. The largest absolute Gasteiger partial charge is 0.0654 e. The molecule has 0 saturated heterocycles. The van der Waals surface area contributed by atoms with E-state index in [1.165, 1.54) is 122 Å². The van der Waals surface area contributed by atoms with Gasteiger partial charge in [0.2, 0.25) is 0 Å². The van der Waals surface area contributed by atoms with Crippen molar-refractivity contribution in [3.05, 3.63) is 35.9 Å². The Morgan fingerprint density at radius 1 is 0.515 bits per heavy atom. The summed E-state index contributed by atoms with van der Waals surface area (Å²) < 4.78 is 0. The summed E-state index contributed by atoms with van der Waals surface area (Å²) in [6, 6.07) is 11.5. The predicted molar refractivity (Wildman–Crippen MR) is 151 cm³/mol. The van der Waals surface area contributed by atoms with Gasteiger partial charge in [-0.25, -0.2) is 0 Å². The molecule has 1 aromatic carbocycles. The number of unbranched alkanes of at least 4 members (excludes halogenated alkanes) is 8. The molecular formula is C33H60. The number of rotatable bonds is 22. The molecule has 0 heteroatoms. The van der Waals surface area contributed by atoms with Crippen molar-refractivity contribution in [1.29, 1.82) is 0 Å². The zero-order valence-electron chi connectivity index (χ0n) is 23.5. The molecule has 0 fully saturated rings. The highest BCUT2D eigenvalue weighted by Gasteiger charge is 2.42. The van der Waals surface area contributed by atoms with Crippen molar-refractivity contribution in [2.45, 2.75) is 157 Å². The maximum atomic E-state index is 2.41. The smallest absolute Gasteiger partial charge is 0.0238 e. The van der Waals surface area contributed by atoms with Crippen LogP contribution in [0.3, 0.4) is 0 Å². The van der Waals surface area contributed by atoms with E-state index < -0.39 is 0 Å². The minimum atomic E-state index is 0.539. The van der Waals surface area contributed by atoms with E-state index in [-0.39, 0.29) is 0 Å². The maximum absolute atomic E-state index is 2.41. The standard InChI is InChI=1S/C33H60/c1-6-11-16-17-21-26-32(29-30-22-19-18-20-23-30)33(27-14-9-4,28-15-10-5)31(24-12-7-2)25-13-8-3/h18-20,22-23,31-32H,6-17,21,24-29H2,1-5H3. The number of benzene rings is 1. The minimum absolute atomic E-state index is 0.539. The van der Waals surface area contributed by atoms with E-state index in [0.717, 1.165) is 11.8 Å². The Balaban J connectivity index is 3.33. The molecule has 0 N–H and O–H groups in total. The molecule has 0 spiro atoms. The minimum Gasteiger partial charge on any atom is -0.0654 e. The van der Waals surface area contributed by atoms with Crippen LogP contribution in [0.1, 0.15) is 156 Å². The maximum Gasteiger partial charge on any atom is -0.0238 e. The second-order valence-electron chi connectivity index (χ2n) is 11.0. The van der Waals surface area contributed by atoms with Crippen LogP contribution < -0.4 is 0 Å². The van der Waals surface area contributed by atoms with Crippen LogP contribution in [-0.2, 0) is 6.42 Å². The first-order valence-electron chi connectivity index (χ1n) is 15.2. The number of hydrogen-bond acceptors (Lipinski definition) is 0. The van der Waals surface area contributed by atoms with Gasteiger partial charge in [-0.05, 0) is 61.3 Å². The van der Waals surface area contributed by atoms with Crippen molar-refractivity contribution < 1.29 is 0 Å². The van der Waals surface area contributed by atoms with Crippen LogP contribution in [0.15, 0.2) is 30.3 Å². The Kier molecular flexibility index (Phi) is 17.9. The van der Waals surface area contributed by atoms with E-state index in [4.69, 9.17) is 0 Å². The topological polar surface area (TPSA) is 0 Å². The fourth-order valence-electron chi connectivity index (χ4n) is 6.39. The first-order chi connectivity index (χ1) is 16.2. The van der Waals surface area contributed by atoms with Crippen molar-refractivity contribution in [3.8, 4) is 0 Å². The Hall–Kier alpha value is -0.780. The highest BCUT2D eigenvalue weighted by molar-refractivity contribution is 5.16. The third-order valence-electron chi connectivity index (χ3n) is 8.41. The number of hydrogen-bond donors (Lipinski definition) is 0. The van der Waals surface area contributed by atoms with Gasteiger partial charge in [-0.2, -0.15) is 0 Å². The molecule has 0 nitrogen and oxygen atoms in total. The Morgan fingerprint density at radius 2 is 1.00 bits per heavy atom. The van der Waals surface area contributed by atoms with Gasteiger partial charge in [0.25, 0.3) is 0 Å². The summed E-state index contributed by atoms with van der Waals surface area (Å²) in [4.78, 5) is 0. The van der Waals surface area contributed by atoms with Crippen LogP contribution in [0.25, 0.3) is 0 Å². The lowest BCUT2D eigenvalue weighted by Crippen LogP contribution is -2.40. The summed E-state index contributed by atoms with van der Waals surface area (Å²) in [5.74, 6) is 1.76. The zero-order valence-corrected chi connectivity index (χ0v) is 23.5. The van der Waals surface area contributed by atoms with Crippen LogP contribution >= 0.6 is 0 Å². The molecule has 0 aliphatic rings. The second kappa shape index (κ2) is 19.5. The van der Waals surface area contributed by atoms with Crippen LogP contribution in [-0.4, -0.2) is 0 Å². The van der Waals surface area contributed by atoms with Gasteiger partial charge in [0.1, 0.15) is 0 Å². The van der Waals surface area contributed by atoms with Gasteiger partial charge < -0.3 is 0 Å². The van der Waals surface area contributed by atoms with Gasteiger partial charge in [-0.1, -0.05) is 148 Å². The van der Waals surface area contributed by atoms with E-state index >= 15 is 0 Å². The average molecular weight is 457 g/mol. The lowest BCUT2D eigenvalue weighted by atomic mass is 9.56. The van der Waals surface area contributed by atoms with E-state index in [9.17, 15) is 0 Å². The molecule has 1 unspecified atom stereocenters. The van der Waals surface area contributed by atoms with Gasteiger partial charge in [-0.3, -0.25) is 0 Å². The van der Waals surface area contributed by atoms with Gasteiger partial charge in [-0.15, -0.1) is 0 Å². The molecule has 1 aromatic rings. The Morgan fingerprint density at radius 3 is 1.52 bits per heavy atom.